The van der Waals surface area contributed by atoms with Crippen LogP contribution in [0.4, 0.5) is 0 Å². The van der Waals surface area contributed by atoms with Crippen molar-refractivity contribution in [3.63, 3.8) is 0 Å². The lowest BCUT2D eigenvalue weighted by atomic mass is 10.0. The first-order chi connectivity index (χ1) is 9.20. The van der Waals surface area contributed by atoms with Crippen molar-refractivity contribution in [3.8, 4) is 11.5 Å². The number of fused-ring (bicyclic) bond motifs is 1. The molecule has 0 amide bonds. The van der Waals surface area contributed by atoms with Gasteiger partial charge in [-0.1, -0.05) is 26.8 Å². The average Bonchev–Trinajstić information content (AvgIpc) is 2.43. The molecule has 2 rings (SSSR count). The zero-order valence-electron chi connectivity index (χ0n) is 12.2. The summed E-state index contributed by atoms with van der Waals surface area (Å²) in [5.41, 5.74) is 1.30. The van der Waals surface area contributed by atoms with Crippen molar-refractivity contribution < 1.29 is 9.47 Å². The quantitative estimate of drug-likeness (QED) is 0.855. The lowest BCUT2D eigenvalue weighted by Gasteiger charge is -2.21. The Bertz CT molecular complexity index is 404. The Morgan fingerprint density at radius 3 is 2.58 bits per heavy atom. The Balaban J connectivity index is 1.86. The molecule has 0 saturated carbocycles. The third-order valence-corrected chi connectivity index (χ3v) is 3.67. The molecule has 1 aromatic rings. The smallest absolute Gasteiger partial charge is 0.161 e. The summed E-state index contributed by atoms with van der Waals surface area (Å²) in [5, 5.41) is 3.63. The molecule has 106 valence electrons. The molecule has 0 radical (unpaired) electrons. The van der Waals surface area contributed by atoms with Crippen molar-refractivity contribution in [1.29, 1.82) is 0 Å². The van der Waals surface area contributed by atoms with Gasteiger partial charge in [0.2, 0.25) is 0 Å². The molecule has 1 atom stereocenters. The molecule has 1 heterocycles. The van der Waals surface area contributed by atoms with Crippen LogP contribution >= 0.6 is 0 Å². The van der Waals surface area contributed by atoms with Crippen molar-refractivity contribution in [2.75, 3.05) is 19.8 Å². The van der Waals surface area contributed by atoms with E-state index in [1.807, 2.05) is 6.07 Å². The molecular formula is C16H25NO2. The minimum atomic E-state index is 0.609. The van der Waals surface area contributed by atoms with Gasteiger partial charge in [0, 0.05) is 6.04 Å². The molecule has 1 aliphatic rings. The van der Waals surface area contributed by atoms with Crippen LogP contribution in [0.1, 0.15) is 32.8 Å². The number of hydrogen-bond donors (Lipinski definition) is 1. The monoisotopic (exact) mass is 263 g/mol. The van der Waals surface area contributed by atoms with E-state index < -0.39 is 0 Å². The fraction of sp³-hybridized carbons (Fsp3) is 0.625. The second kappa shape index (κ2) is 6.80. The first-order valence-electron chi connectivity index (χ1n) is 7.32. The first kappa shape index (κ1) is 14.2. The van der Waals surface area contributed by atoms with Crippen LogP contribution in [0, 0.1) is 5.92 Å². The number of benzene rings is 1. The summed E-state index contributed by atoms with van der Waals surface area (Å²) < 4.78 is 11.1. The molecule has 3 nitrogen and oxygen atoms in total. The van der Waals surface area contributed by atoms with E-state index >= 15 is 0 Å². The van der Waals surface area contributed by atoms with E-state index in [2.05, 4.69) is 38.2 Å². The Kier molecular flexibility index (Phi) is 5.08. The normalized spacial score (nSPS) is 15.6. The van der Waals surface area contributed by atoms with Crippen LogP contribution in [0.5, 0.6) is 11.5 Å². The lowest BCUT2D eigenvalue weighted by molar-refractivity contribution is 0.171. The van der Waals surface area contributed by atoms with Gasteiger partial charge in [0.05, 0.1) is 0 Å². The molecule has 0 bridgehead atoms. The molecule has 3 heteroatoms. The highest BCUT2D eigenvalue weighted by molar-refractivity contribution is 5.43. The molecule has 0 aromatic heterocycles. The Morgan fingerprint density at radius 2 is 1.89 bits per heavy atom. The maximum Gasteiger partial charge on any atom is 0.161 e. The van der Waals surface area contributed by atoms with Crippen LogP contribution < -0.4 is 14.8 Å². The van der Waals surface area contributed by atoms with Gasteiger partial charge < -0.3 is 14.8 Å². The van der Waals surface area contributed by atoms with Crippen LogP contribution in [0.25, 0.3) is 0 Å². The Morgan fingerprint density at radius 1 is 1.16 bits per heavy atom. The van der Waals surface area contributed by atoms with Crippen molar-refractivity contribution in [1.82, 2.24) is 5.32 Å². The summed E-state index contributed by atoms with van der Waals surface area (Å²) >= 11 is 0. The zero-order chi connectivity index (χ0) is 13.7. The highest BCUT2D eigenvalue weighted by atomic mass is 16.6. The van der Waals surface area contributed by atoms with Gasteiger partial charge in [-0.15, -0.1) is 0 Å². The third kappa shape index (κ3) is 3.87. The molecule has 1 N–H and O–H groups in total. The summed E-state index contributed by atoms with van der Waals surface area (Å²) in [6.45, 7) is 9.09. The van der Waals surface area contributed by atoms with Crippen molar-refractivity contribution >= 4 is 0 Å². The summed E-state index contributed by atoms with van der Waals surface area (Å²) in [6, 6.07) is 6.86. The van der Waals surface area contributed by atoms with Crippen LogP contribution in [0.3, 0.4) is 0 Å². The first-order valence-corrected chi connectivity index (χ1v) is 7.32. The van der Waals surface area contributed by atoms with E-state index in [1.165, 1.54) is 12.0 Å². The van der Waals surface area contributed by atoms with E-state index in [9.17, 15) is 0 Å². The van der Waals surface area contributed by atoms with Crippen molar-refractivity contribution in [2.24, 2.45) is 5.92 Å². The zero-order valence-corrected chi connectivity index (χ0v) is 12.2. The second-order valence-electron chi connectivity index (χ2n) is 5.44. The van der Waals surface area contributed by atoms with Gasteiger partial charge >= 0.3 is 0 Å². The fourth-order valence-corrected chi connectivity index (χ4v) is 2.50. The minimum absolute atomic E-state index is 0.609. The number of ether oxygens (including phenoxy) is 2. The molecule has 1 aliphatic heterocycles. The molecule has 19 heavy (non-hydrogen) atoms. The lowest BCUT2D eigenvalue weighted by Crippen LogP contribution is -2.34. The number of nitrogens with one attached hydrogen (secondary N) is 1. The Hall–Kier alpha value is -1.22. The average molecular weight is 263 g/mol. The van der Waals surface area contributed by atoms with Gasteiger partial charge in [0.1, 0.15) is 13.2 Å². The minimum Gasteiger partial charge on any atom is -0.486 e. The van der Waals surface area contributed by atoms with E-state index in [-0.39, 0.29) is 0 Å². The number of hydrogen-bond acceptors (Lipinski definition) is 3. The summed E-state index contributed by atoms with van der Waals surface area (Å²) in [6.07, 6.45) is 2.21. The molecule has 0 saturated heterocycles. The second-order valence-corrected chi connectivity index (χ2v) is 5.44. The molecular weight excluding hydrogens is 238 g/mol. The standard InChI is InChI=1S/C16H25NO2/c1-4-14(12(2)3)17-8-7-13-5-6-15-16(11-13)19-10-9-18-15/h5-6,11-12,14,17H,4,7-10H2,1-3H3. The van der Waals surface area contributed by atoms with E-state index in [4.69, 9.17) is 9.47 Å². The van der Waals surface area contributed by atoms with Crippen LogP contribution in [-0.2, 0) is 6.42 Å². The molecule has 1 aromatic carbocycles. The van der Waals surface area contributed by atoms with Crippen molar-refractivity contribution in [3.05, 3.63) is 23.8 Å². The highest BCUT2D eigenvalue weighted by Crippen LogP contribution is 2.30. The van der Waals surface area contributed by atoms with Crippen molar-refractivity contribution in [2.45, 2.75) is 39.7 Å². The van der Waals surface area contributed by atoms with Gasteiger partial charge in [-0.2, -0.15) is 0 Å². The van der Waals surface area contributed by atoms with Crippen LogP contribution in [0.2, 0.25) is 0 Å². The predicted octanol–water partition coefficient (Wildman–Crippen LogP) is 3.02. The summed E-state index contributed by atoms with van der Waals surface area (Å²) in [4.78, 5) is 0. The fourth-order valence-electron chi connectivity index (χ4n) is 2.50. The maximum atomic E-state index is 5.61. The van der Waals surface area contributed by atoms with Gasteiger partial charge in [0.15, 0.2) is 11.5 Å². The molecule has 0 spiro atoms. The van der Waals surface area contributed by atoms with E-state index in [0.29, 0.717) is 25.2 Å². The SMILES string of the molecule is CCC(NCCc1ccc2c(c1)OCCO2)C(C)C. The van der Waals surface area contributed by atoms with Gasteiger partial charge in [0.25, 0.3) is 0 Å². The van der Waals surface area contributed by atoms with Crippen LogP contribution in [0.15, 0.2) is 18.2 Å². The van der Waals surface area contributed by atoms with Gasteiger partial charge in [-0.3, -0.25) is 0 Å². The summed E-state index contributed by atoms with van der Waals surface area (Å²) in [5.74, 6) is 2.45. The highest BCUT2D eigenvalue weighted by Gasteiger charge is 2.12. The topological polar surface area (TPSA) is 30.5 Å². The summed E-state index contributed by atoms with van der Waals surface area (Å²) in [7, 11) is 0. The van der Waals surface area contributed by atoms with Crippen LogP contribution in [-0.4, -0.2) is 25.8 Å². The molecule has 0 fully saturated rings. The van der Waals surface area contributed by atoms with E-state index in [1.54, 1.807) is 0 Å². The third-order valence-electron chi connectivity index (χ3n) is 3.67. The van der Waals surface area contributed by atoms with Gasteiger partial charge in [-0.25, -0.2) is 0 Å². The predicted molar refractivity (Wildman–Crippen MR) is 78.1 cm³/mol. The number of rotatable bonds is 6. The Labute approximate surface area is 116 Å². The van der Waals surface area contributed by atoms with Gasteiger partial charge in [-0.05, 0) is 43.0 Å². The molecule has 1 unspecified atom stereocenters. The van der Waals surface area contributed by atoms with E-state index in [0.717, 1.165) is 24.5 Å². The largest absolute Gasteiger partial charge is 0.486 e. The maximum absolute atomic E-state index is 5.61. The molecule has 0 aliphatic carbocycles.